The highest BCUT2D eigenvalue weighted by Gasteiger charge is 2.15. The van der Waals surface area contributed by atoms with Crippen molar-refractivity contribution in [3.05, 3.63) is 24.0 Å². The molecule has 0 aromatic carbocycles. The molecule has 0 fully saturated rings. The smallest absolute Gasteiger partial charge is 0.253 e. The number of hydrogen-bond donors (Lipinski definition) is 2. The summed E-state index contributed by atoms with van der Waals surface area (Å²) in [6, 6.07) is 2.03. The number of amides is 1. The third kappa shape index (κ3) is 4.89. The van der Waals surface area contributed by atoms with E-state index in [-0.39, 0.29) is 11.9 Å². The van der Waals surface area contributed by atoms with Gasteiger partial charge in [0.2, 0.25) is 0 Å². The average Bonchev–Trinajstić information content (AvgIpc) is 2.44. The molecule has 0 bridgehead atoms. The summed E-state index contributed by atoms with van der Waals surface area (Å²) >= 11 is 0. The first-order valence-electron chi connectivity index (χ1n) is 7.15. The Morgan fingerprint density at radius 2 is 2.11 bits per heavy atom. The molecule has 1 aromatic rings. The van der Waals surface area contributed by atoms with E-state index in [9.17, 15) is 4.79 Å². The largest absolute Gasteiger partial charge is 0.386 e. The van der Waals surface area contributed by atoms with Crippen molar-refractivity contribution in [2.75, 3.05) is 12.4 Å². The van der Waals surface area contributed by atoms with Gasteiger partial charge in [0.05, 0.1) is 17.4 Å². The Morgan fingerprint density at radius 3 is 2.74 bits per heavy atom. The molecule has 0 aliphatic heterocycles. The maximum Gasteiger partial charge on any atom is 0.253 e. The summed E-state index contributed by atoms with van der Waals surface area (Å²) in [6.45, 7) is 4.32. The number of carbonyl (C=O) groups is 1. The number of hydrogen-bond acceptors (Lipinski definition) is 3. The highest BCUT2D eigenvalue weighted by atomic mass is 16.1. The van der Waals surface area contributed by atoms with Crippen LogP contribution in [0.2, 0.25) is 0 Å². The molecule has 1 heterocycles. The van der Waals surface area contributed by atoms with E-state index in [0.29, 0.717) is 5.56 Å². The van der Waals surface area contributed by atoms with Crippen LogP contribution >= 0.6 is 0 Å². The molecule has 4 heteroatoms. The summed E-state index contributed by atoms with van der Waals surface area (Å²) in [5, 5.41) is 6.14. The predicted octanol–water partition coefficient (Wildman–Crippen LogP) is 3.21. The van der Waals surface area contributed by atoms with Crippen LogP contribution in [0.3, 0.4) is 0 Å². The lowest BCUT2D eigenvalue weighted by atomic mass is 10.0. The van der Waals surface area contributed by atoms with Crippen LogP contribution in [0.15, 0.2) is 18.5 Å². The lowest BCUT2D eigenvalue weighted by Gasteiger charge is -2.18. The molecule has 1 aromatic heterocycles. The molecule has 0 aliphatic carbocycles. The van der Waals surface area contributed by atoms with Crippen LogP contribution in [-0.2, 0) is 0 Å². The first kappa shape index (κ1) is 15.5. The Bertz CT molecular complexity index is 393. The van der Waals surface area contributed by atoms with E-state index in [4.69, 9.17) is 0 Å². The maximum absolute atomic E-state index is 12.3. The van der Waals surface area contributed by atoms with Gasteiger partial charge in [0.15, 0.2) is 0 Å². The van der Waals surface area contributed by atoms with Crippen LogP contribution in [0, 0.1) is 0 Å². The molecule has 1 rings (SSSR count). The Kier molecular flexibility index (Phi) is 6.93. The molecule has 2 N–H and O–H groups in total. The van der Waals surface area contributed by atoms with Crippen LogP contribution in [0.4, 0.5) is 5.69 Å². The van der Waals surface area contributed by atoms with Crippen molar-refractivity contribution >= 4 is 11.6 Å². The lowest BCUT2D eigenvalue weighted by Crippen LogP contribution is -2.35. The molecule has 4 nitrogen and oxygen atoms in total. The summed E-state index contributed by atoms with van der Waals surface area (Å²) in [5.41, 5.74) is 1.43. The molecule has 1 unspecified atom stereocenters. The van der Waals surface area contributed by atoms with Crippen molar-refractivity contribution in [1.29, 1.82) is 0 Å². The van der Waals surface area contributed by atoms with E-state index >= 15 is 0 Å². The van der Waals surface area contributed by atoms with Crippen LogP contribution in [0.25, 0.3) is 0 Å². The summed E-state index contributed by atoms with van der Waals surface area (Å²) in [7, 11) is 1.80. The van der Waals surface area contributed by atoms with Gasteiger partial charge in [-0.3, -0.25) is 9.78 Å². The van der Waals surface area contributed by atoms with Crippen LogP contribution in [0.5, 0.6) is 0 Å². The molecule has 0 saturated heterocycles. The van der Waals surface area contributed by atoms with E-state index in [2.05, 4.69) is 29.5 Å². The standard InChI is InChI=1S/C15H25N3O/c1-4-6-8-12(7-5-2)18-15(19)13-9-10-17-11-14(13)16-3/h9-12,16H,4-8H2,1-3H3,(H,18,19). The number of nitrogens with zero attached hydrogens (tertiary/aromatic N) is 1. The fourth-order valence-electron chi connectivity index (χ4n) is 2.14. The van der Waals surface area contributed by atoms with Crippen molar-refractivity contribution in [2.24, 2.45) is 0 Å². The number of rotatable bonds is 8. The van der Waals surface area contributed by atoms with Gasteiger partial charge >= 0.3 is 0 Å². The third-order valence-electron chi connectivity index (χ3n) is 3.21. The minimum atomic E-state index is -0.0127. The zero-order chi connectivity index (χ0) is 14.1. The zero-order valence-corrected chi connectivity index (χ0v) is 12.2. The molecule has 106 valence electrons. The number of carbonyl (C=O) groups excluding carboxylic acids is 1. The quantitative estimate of drug-likeness (QED) is 0.757. The first-order chi connectivity index (χ1) is 9.22. The molecule has 0 spiro atoms. The highest BCUT2D eigenvalue weighted by molar-refractivity contribution is 5.99. The van der Waals surface area contributed by atoms with Crippen molar-refractivity contribution in [1.82, 2.24) is 10.3 Å². The van der Waals surface area contributed by atoms with Crippen LogP contribution in [-0.4, -0.2) is 24.0 Å². The number of unbranched alkanes of at least 4 members (excludes halogenated alkanes) is 1. The predicted molar refractivity (Wildman–Crippen MR) is 79.5 cm³/mol. The van der Waals surface area contributed by atoms with Crippen LogP contribution in [0.1, 0.15) is 56.3 Å². The van der Waals surface area contributed by atoms with E-state index in [1.165, 1.54) is 0 Å². The minimum absolute atomic E-state index is 0.0127. The van der Waals surface area contributed by atoms with Gasteiger partial charge in [-0.1, -0.05) is 33.1 Å². The molecule has 19 heavy (non-hydrogen) atoms. The zero-order valence-electron chi connectivity index (χ0n) is 12.2. The van der Waals surface area contributed by atoms with Crippen molar-refractivity contribution in [2.45, 2.75) is 52.0 Å². The van der Waals surface area contributed by atoms with Gasteiger partial charge in [-0.25, -0.2) is 0 Å². The normalized spacial score (nSPS) is 11.9. The topological polar surface area (TPSA) is 54.0 Å². The highest BCUT2D eigenvalue weighted by Crippen LogP contribution is 2.14. The van der Waals surface area contributed by atoms with Gasteiger partial charge in [-0.05, 0) is 18.9 Å². The average molecular weight is 263 g/mol. The van der Waals surface area contributed by atoms with E-state index in [1.807, 2.05) is 0 Å². The molecular weight excluding hydrogens is 238 g/mol. The Labute approximate surface area is 116 Å². The Balaban J connectivity index is 2.69. The molecule has 0 aliphatic rings. The van der Waals surface area contributed by atoms with Gasteiger partial charge in [0.25, 0.3) is 5.91 Å². The van der Waals surface area contributed by atoms with Crippen molar-refractivity contribution in [3.8, 4) is 0 Å². The van der Waals surface area contributed by atoms with E-state index in [0.717, 1.165) is 37.8 Å². The summed E-state index contributed by atoms with van der Waals surface area (Å²) in [6.07, 6.45) is 8.81. The fraction of sp³-hybridized carbons (Fsp3) is 0.600. The van der Waals surface area contributed by atoms with E-state index in [1.54, 1.807) is 25.5 Å². The Morgan fingerprint density at radius 1 is 1.32 bits per heavy atom. The third-order valence-corrected chi connectivity index (χ3v) is 3.21. The van der Waals surface area contributed by atoms with Gasteiger partial charge in [-0.2, -0.15) is 0 Å². The maximum atomic E-state index is 12.3. The molecule has 0 radical (unpaired) electrons. The molecule has 1 atom stereocenters. The first-order valence-corrected chi connectivity index (χ1v) is 7.15. The monoisotopic (exact) mass is 263 g/mol. The second kappa shape index (κ2) is 8.51. The lowest BCUT2D eigenvalue weighted by molar-refractivity contribution is 0.0933. The molecule has 1 amide bonds. The number of pyridine rings is 1. The van der Waals surface area contributed by atoms with Gasteiger partial charge < -0.3 is 10.6 Å². The van der Waals surface area contributed by atoms with Crippen molar-refractivity contribution < 1.29 is 4.79 Å². The number of aromatic nitrogens is 1. The van der Waals surface area contributed by atoms with Gasteiger partial charge in [0.1, 0.15) is 0 Å². The second-order valence-corrected chi connectivity index (χ2v) is 4.77. The molecular formula is C15H25N3O. The van der Waals surface area contributed by atoms with Crippen LogP contribution < -0.4 is 10.6 Å². The second-order valence-electron chi connectivity index (χ2n) is 4.77. The van der Waals surface area contributed by atoms with Crippen molar-refractivity contribution in [3.63, 3.8) is 0 Å². The van der Waals surface area contributed by atoms with Gasteiger partial charge in [0, 0.05) is 19.3 Å². The SMILES string of the molecule is CCCCC(CCC)NC(=O)c1ccncc1NC. The fourth-order valence-corrected chi connectivity index (χ4v) is 2.14. The molecule has 0 saturated carbocycles. The summed E-state index contributed by atoms with van der Waals surface area (Å²) < 4.78 is 0. The van der Waals surface area contributed by atoms with Gasteiger partial charge in [-0.15, -0.1) is 0 Å². The number of nitrogens with one attached hydrogen (secondary N) is 2. The van der Waals surface area contributed by atoms with E-state index < -0.39 is 0 Å². The summed E-state index contributed by atoms with van der Waals surface area (Å²) in [4.78, 5) is 16.3. The number of anilines is 1. The summed E-state index contributed by atoms with van der Waals surface area (Å²) in [5.74, 6) is -0.0127. The Hall–Kier alpha value is -1.58. The minimum Gasteiger partial charge on any atom is -0.386 e.